The number of carbonyl (C=O) groups excluding carboxylic acids is 2. The SMILES string of the molecule is CC[C@H](C)NC(=O)[C@H](CC)N(Cc1ccc(Cl)c(Cl)c1)C(=O)CN(c1cccc(Cl)c1)S(=O)(=O)c1ccc(C)cc1. The summed E-state index contributed by atoms with van der Waals surface area (Å²) in [5, 5.41) is 3.91. The Balaban J connectivity index is 2.08. The van der Waals surface area contributed by atoms with Crippen LogP contribution in [0, 0.1) is 6.92 Å². The highest BCUT2D eigenvalue weighted by molar-refractivity contribution is 7.92. The summed E-state index contributed by atoms with van der Waals surface area (Å²) >= 11 is 18.6. The van der Waals surface area contributed by atoms with E-state index in [2.05, 4.69) is 5.32 Å². The Bertz CT molecular complexity index is 1480. The number of hydrogen-bond acceptors (Lipinski definition) is 4. The standard InChI is InChI=1S/C30H34Cl3N3O4S/c1-5-21(4)34-30(38)28(6-2)35(18-22-12-15-26(32)27(33)16-22)29(37)19-36(24-9-7-8-23(31)17-24)41(39,40)25-13-10-20(3)11-14-25/h7-17,21,28H,5-6,18-19H2,1-4H3,(H,34,38)/t21-,28-/m0/s1. The van der Waals surface area contributed by atoms with Gasteiger partial charge in [-0.05, 0) is 74.7 Å². The number of aryl methyl sites for hydroxylation is 1. The first-order valence-corrected chi connectivity index (χ1v) is 15.8. The Morgan fingerprint density at radius 1 is 0.902 bits per heavy atom. The fraction of sp³-hybridized carbons (Fsp3) is 0.333. The molecule has 0 aliphatic heterocycles. The van der Waals surface area contributed by atoms with Crippen LogP contribution in [0.5, 0.6) is 0 Å². The third kappa shape index (κ3) is 8.38. The Labute approximate surface area is 257 Å². The average molecular weight is 639 g/mol. The molecule has 3 aromatic rings. The third-order valence-corrected chi connectivity index (χ3v) is 9.47. The van der Waals surface area contributed by atoms with Gasteiger partial charge < -0.3 is 10.2 Å². The normalized spacial score (nSPS) is 12.9. The lowest BCUT2D eigenvalue weighted by Crippen LogP contribution is -2.53. The summed E-state index contributed by atoms with van der Waals surface area (Å²) in [6.45, 7) is 6.92. The maximum absolute atomic E-state index is 14.1. The van der Waals surface area contributed by atoms with Crippen molar-refractivity contribution in [3.8, 4) is 0 Å². The van der Waals surface area contributed by atoms with Crippen molar-refractivity contribution < 1.29 is 18.0 Å². The molecule has 0 saturated carbocycles. The third-order valence-electron chi connectivity index (χ3n) is 6.71. The van der Waals surface area contributed by atoms with Crippen LogP contribution >= 0.6 is 34.8 Å². The summed E-state index contributed by atoms with van der Waals surface area (Å²) in [7, 11) is -4.19. The average Bonchev–Trinajstić information content (AvgIpc) is 2.93. The molecule has 2 atom stereocenters. The van der Waals surface area contributed by atoms with Gasteiger partial charge in [0.05, 0.1) is 20.6 Å². The number of hydrogen-bond donors (Lipinski definition) is 1. The summed E-state index contributed by atoms with van der Waals surface area (Å²) in [4.78, 5) is 28.9. The van der Waals surface area contributed by atoms with Gasteiger partial charge >= 0.3 is 0 Å². The second-order valence-electron chi connectivity index (χ2n) is 9.82. The first-order chi connectivity index (χ1) is 19.4. The van der Waals surface area contributed by atoms with E-state index in [1.54, 1.807) is 55.5 Å². The molecule has 0 spiro atoms. The highest BCUT2D eigenvalue weighted by atomic mass is 35.5. The number of halogens is 3. The zero-order chi connectivity index (χ0) is 30.3. The van der Waals surface area contributed by atoms with Crippen molar-refractivity contribution in [2.24, 2.45) is 0 Å². The van der Waals surface area contributed by atoms with Crippen LogP contribution in [-0.2, 0) is 26.2 Å². The summed E-state index contributed by atoms with van der Waals surface area (Å²) in [6.07, 6.45) is 1.01. The lowest BCUT2D eigenvalue weighted by molar-refractivity contribution is -0.140. The molecule has 0 aromatic heterocycles. The topological polar surface area (TPSA) is 86.8 Å². The molecule has 3 rings (SSSR count). The van der Waals surface area contributed by atoms with E-state index in [9.17, 15) is 18.0 Å². The van der Waals surface area contributed by atoms with E-state index >= 15 is 0 Å². The Morgan fingerprint density at radius 2 is 1.59 bits per heavy atom. The van der Waals surface area contributed by atoms with Crippen molar-refractivity contribution >= 4 is 62.3 Å². The molecule has 0 aliphatic carbocycles. The predicted octanol–water partition coefficient (Wildman–Crippen LogP) is 6.87. The predicted molar refractivity (Wildman–Crippen MR) is 166 cm³/mol. The van der Waals surface area contributed by atoms with Crippen LogP contribution in [0.3, 0.4) is 0 Å². The van der Waals surface area contributed by atoms with Crippen LogP contribution in [0.25, 0.3) is 0 Å². The van der Waals surface area contributed by atoms with Gasteiger partial charge in [-0.1, -0.05) is 78.5 Å². The van der Waals surface area contributed by atoms with Gasteiger partial charge in [0.2, 0.25) is 11.8 Å². The number of nitrogens with zero attached hydrogens (tertiary/aromatic N) is 2. The van der Waals surface area contributed by atoms with Crippen LogP contribution in [-0.4, -0.2) is 43.8 Å². The number of anilines is 1. The van der Waals surface area contributed by atoms with Crippen LogP contribution in [0.15, 0.2) is 71.6 Å². The summed E-state index contributed by atoms with van der Waals surface area (Å²) in [5.74, 6) is -0.899. The first kappa shape index (κ1) is 32.7. The molecule has 0 bridgehead atoms. The van der Waals surface area contributed by atoms with Crippen molar-refractivity contribution in [3.63, 3.8) is 0 Å². The summed E-state index contributed by atoms with van der Waals surface area (Å²) in [5.41, 5.74) is 1.75. The van der Waals surface area contributed by atoms with Gasteiger partial charge in [0.1, 0.15) is 12.6 Å². The number of sulfonamides is 1. The van der Waals surface area contributed by atoms with Crippen molar-refractivity contribution in [2.75, 3.05) is 10.8 Å². The van der Waals surface area contributed by atoms with Crippen molar-refractivity contribution in [1.82, 2.24) is 10.2 Å². The highest BCUT2D eigenvalue weighted by Gasteiger charge is 2.34. The number of benzene rings is 3. The van der Waals surface area contributed by atoms with Crippen LogP contribution in [0.4, 0.5) is 5.69 Å². The smallest absolute Gasteiger partial charge is 0.264 e. The van der Waals surface area contributed by atoms with E-state index in [1.165, 1.54) is 23.1 Å². The lowest BCUT2D eigenvalue weighted by atomic mass is 10.1. The van der Waals surface area contributed by atoms with E-state index in [1.807, 2.05) is 20.8 Å². The maximum Gasteiger partial charge on any atom is 0.264 e. The highest BCUT2D eigenvalue weighted by Crippen LogP contribution is 2.28. The van der Waals surface area contributed by atoms with E-state index in [-0.39, 0.29) is 29.1 Å². The zero-order valence-electron chi connectivity index (χ0n) is 23.4. The van der Waals surface area contributed by atoms with Crippen molar-refractivity contribution in [3.05, 3.63) is 92.9 Å². The molecule has 11 heteroatoms. The molecule has 0 radical (unpaired) electrons. The van der Waals surface area contributed by atoms with E-state index in [0.29, 0.717) is 33.5 Å². The van der Waals surface area contributed by atoms with E-state index in [4.69, 9.17) is 34.8 Å². The van der Waals surface area contributed by atoms with Crippen molar-refractivity contribution in [1.29, 1.82) is 0 Å². The molecule has 7 nitrogen and oxygen atoms in total. The largest absolute Gasteiger partial charge is 0.352 e. The molecule has 0 fully saturated rings. The van der Waals surface area contributed by atoms with Crippen molar-refractivity contribution in [2.45, 2.75) is 64.1 Å². The van der Waals surface area contributed by atoms with Gasteiger partial charge in [-0.15, -0.1) is 0 Å². The number of nitrogens with one attached hydrogen (secondary N) is 1. The minimum atomic E-state index is -4.19. The second-order valence-corrected chi connectivity index (χ2v) is 12.9. The first-order valence-electron chi connectivity index (χ1n) is 13.3. The second kappa shape index (κ2) is 14.4. The van der Waals surface area contributed by atoms with E-state index < -0.39 is 28.5 Å². The Hall–Kier alpha value is -2.78. The fourth-order valence-corrected chi connectivity index (χ4v) is 6.10. The minimum Gasteiger partial charge on any atom is -0.352 e. The van der Waals surface area contributed by atoms with Crippen LogP contribution < -0.4 is 9.62 Å². The molecular formula is C30H34Cl3N3O4S. The molecule has 41 heavy (non-hydrogen) atoms. The van der Waals surface area contributed by atoms with Gasteiger partial charge in [-0.25, -0.2) is 8.42 Å². The minimum absolute atomic E-state index is 0.0100. The maximum atomic E-state index is 14.1. The summed E-state index contributed by atoms with van der Waals surface area (Å²) < 4.78 is 28.8. The van der Waals surface area contributed by atoms with E-state index in [0.717, 1.165) is 9.87 Å². The quantitative estimate of drug-likeness (QED) is 0.235. The molecule has 2 amide bonds. The van der Waals surface area contributed by atoms with Gasteiger partial charge in [0.15, 0.2) is 0 Å². The Kier molecular flexibility index (Phi) is 11.5. The van der Waals surface area contributed by atoms with Gasteiger partial charge in [0.25, 0.3) is 10.0 Å². The molecule has 220 valence electrons. The number of rotatable bonds is 12. The fourth-order valence-electron chi connectivity index (χ4n) is 4.19. The monoisotopic (exact) mass is 637 g/mol. The molecule has 0 heterocycles. The van der Waals surface area contributed by atoms with Crippen LogP contribution in [0.2, 0.25) is 15.1 Å². The van der Waals surface area contributed by atoms with Gasteiger partial charge in [0, 0.05) is 17.6 Å². The number of amides is 2. The summed E-state index contributed by atoms with van der Waals surface area (Å²) in [6, 6.07) is 16.6. The molecular weight excluding hydrogens is 605 g/mol. The lowest BCUT2D eigenvalue weighted by Gasteiger charge is -2.33. The van der Waals surface area contributed by atoms with Gasteiger partial charge in [-0.3, -0.25) is 13.9 Å². The zero-order valence-corrected chi connectivity index (χ0v) is 26.5. The van der Waals surface area contributed by atoms with Gasteiger partial charge in [-0.2, -0.15) is 0 Å². The van der Waals surface area contributed by atoms with Crippen LogP contribution in [0.1, 0.15) is 44.7 Å². The molecule has 0 saturated heterocycles. The number of carbonyl (C=O) groups is 2. The molecule has 0 aliphatic rings. The molecule has 0 unspecified atom stereocenters. The Morgan fingerprint density at radius 3 is 2.17 bits per heavy atom. The molecule has 3 aromatic carbocycles. The molecule has 1 N–H and O–H groups in total.